The molecule has 0 aliphatic carbocycles. The minimum absolute atomic E-state index is 0.115. The molecular weight excluding hydrogens is 434 g/mol. The molecule has 172 valence electrons. The zero-order valence-electron chi connectivity index (χ0n) is 17.0. The Morgan fingerprint density at radius 1 is 0.742 bits per heavy atom. The molecule has 0 amide bonds. The van der Waals surface area contributed by atoms with Crippen molar-refractivity contribution in [3.63, 3.8) is 0 Å². The Bertz CT molecular complexity index is 907. The van der Waals surface area contributed by atoms with Gasteiger partial charge in [-0.25, -0.2) is 9.59 Å². The molecule has 0 fully saturated rings. The number of alkyl halides is 6. The summed E-state index contributed by atoms with van der Waals surface area (Å²) in [6.45, 7) is 2.83. The molecule has 0 aliphatic rings. The van der Waals surface area contributed by atoms with Gasteiger partial charge < -0.3 is 19.4 Å². The molecule has 2 heterocycles. The molecule has 6 nitrogen and oxygen atoms in total. The number of esters is 2. The van der Waals surface area contributed by atoms with Gasteiger partial charge in [-0.05, 0) is 24.0 Å². The summed E-state index contributed by atoms with van der Waals surface area (Å²) in [5.74, 6) is -2.52. The number of methoxy groups -OCH3 is 2. The minimum Gasteiger partial charge on any atom is -0.464 e. The molecule has 0 saturated carbocycles. The Morgan fingerprint density at radius 3 is 1.29 bits per heavy atom. The number of carbonyl (C=O) groups excluding carboxylic acids is 2. The van der Waals surface area contributed by atoms with Crippen LogP contribution in [0.1, 0.15) is 68.5 Å². The Kier molecular flexibility index (Phi) is 6.81. The maximum Gasteiger partial charge on any atom is 0.419 e. The Balaban J connectivity index is 2.74. The average Bonchev–Trinajstić information content (AvgIpc) is 3.24. The third kappa shape index (κ3) is 4.57. The van der Waals surface area contributed by atoms with Gasteiger partial charge in [0.1, 0.15) is 11.4 Å². The number of aromatic nitrogens is 2. The van der Waals surface area contributed by atoms with Crippen molar-refractivity contribution in [2.75, 3.05) is 14.2 Å². The number of halogens is 6. The van der Waals surface area contributed by atoms with Crippen LogP contribution < -0.4 is 0 Å². The summed E-state index contributed by atoms with van der Waals surface area (Å²) in [6, 6.07) is 0. The molecule has 0 bridgehead atoms. The average molecular weight is 454 g/mol. The van der Waals surface area contributed by atoms with Gasteiger partial charge in [0.25, 0.3) is 0 Å². The summed E-state index contributed by atoms with van der Waals surface area (Å²) in [5.41, 5.74) is -4.93. The first-order valence-electron chi connectivity index (χ1n) is 9.10. The summed E-state index contributed by atoms with van der Waals surface area (Å²) in [7, 11) is 1.82. The number of ether oxygens (including phenoxy) is 2. The van der Waals surface area contributed by atoms with Gasteiger partial charge in [0.05, 0.1) is 25.3 Å². The summed E-state index contributed by atoms with van der Waals surface area (Å²) >= 11 is 0. The zero-order chi connectivity index (χ0) is 23.7. The van der Waals surface area contributed by atoms with Crippen molar-refractivity contribution in [3.05, 3.63) is 45.0 Å². The van der Waals surface area contributed by atoms with Gasteiger partial charge in [0.15, 0.2) is 0 Å². The Hall–Kier alpha value is -2.92. The number of aromatic amines is 2. The topological polar surface area (TPSA) is 84.2 Å². The fourth-order valence-corrected chi connectivity index (χ4v) is 3.58. The van der Waals surface area contributed by atoms with Gasteiger partial charge in [-0.3, -0.25) is 0 Å². The van der Waals surface area contributed by atoms with E-state index in [-0.39, 0.29) is 35.4 Å². The van der Waals surface area contributed by atoms with Crippen LogP contribution in [0.4, 0.5) is 26.3 Å². The molecule has 0 atom stereocenters. The van der Waals surface area contributed by atoms with Crippen molar-refractivity contribution in [3.8, 4) is 0 Å². The summed E-state index contributed by atoms with van der Waals surface area (Å²) in [5, 5.41) is 0. The number of H-pyrrole nitrogens is 2. The van der Waals surface area contributed by atoms with Crippen LogP contribution in [-0.4, -0.2) is 36.1 Å². The largest absolute Gasteiger partial charge is 0.464 e. The highest BCUT2D eigenvalue weighted by atomic mass is 19.4. The van der Waals surface area contributed by atoms with Crippen molar-refractivity contribution in [1.29, 1.82) is 0 Å². The maximum atomic E-state index is 13.6. The van der Waals surface area contributed by atoms with E-state index in [9.17, 15) is 35.9 Å². The molecule has 0 unspecified atom stereocenters. The van der Waals surface area contributed by atoms with Crippen LogP contribution >= 0.6 is 0 Å². The molecule has 2 aromatic rings. The molecule has 2 aromatic heterocycles. The van der Waals surface area contributed by atoms with E-state index < -0.39 is 53.2 Å². The summed E-state index contributed by atoms with van der Waals surface area (Å²) in [6.07, 6.45) is -10.6. The Labute approximate surface area is 172 Å². The standard InChI is InChI=1S/C19H20F6N2O4/c1-5-8-10(26-14(16(28)30-3)12(8)18(20,21)22)7-11-9(6-2)13(19(23,24)25)15(27-11)17(29)31-4/h26-27H,5-7H2,1-4H3. The van der Waals surface area contributed by atoms with Crippen molar-refractivity contribution < 1.29 is 45.4 Å². The fraction of sp³-hybridized carbons (Fsp3) is 0.474. The highest BCUT2D eigenvalue weighted by Crippen LogP contribution is 2.40. The number of hydrogen-bond donors (Lipinski definition) is 2. The van der Waals surface area contributed by atoms with E-state index in [1.54, 1.807) is 0 Å². The number of hydrogen-bond acceptors (Lipinski definition) is 4. The zero-order valence-corrected chi connectivity index (χ0v) is 17.0. The quantitative estimate of drug-likeness (QED) is 0.491. The predicted octanol–water partition coefficient (Wildman–Crippen LogP) is 4.67. The minimum atomic E-state index is -4.90. The predicted molar refractivity (Wildman–Crippen MR) is 95.8 cm³/mol. The highest BCUT2D eigenvalue weighted by Gasteiger charge is 2.43. The molecule has 0 aliphatic heterocycles. The van der Waals surface area contributed by atoms with Gasteiger partial charge in [-0.1, -0.05) is 13.8 Å². The molecule has 12 heteroatoms. The second kappa shape index (κ2) is 8.67. The van der Waals surface area contributed by atoms with Crippen molar-refractivity contribution in [2.45, 2.75) is 45.5 Å². The molecule has 0 aromatic carbocycles. The molecule has 0 saturated heterocycles. The SMILES string of the molecule is CCc1c(Cc2[nH]c(C(=O)OC)c(C(F)(F)F)c2CC)[nH]c(C(=O)OC)c1C(F)(F)F. The number of rotatable bonds is 6. The third-order valence-electron chi connectivity index (χ3n) is 4.79. The fourth-order valence-electron chi connectivity index (χ4n) is 3.58. The van der Waals surface area contributed by atoms with Crippen LogP contribution in [-0.2, 0) is 41.1 Å². The third-order valence-corrected chi connectivity index (χ3v) is 4.79. The lowest BCUT2D eigenvalue weighted by Crippen LogP contribution is -2.14. The van der Waals surface area contributed by atoms with E-state index in [0.29, 0.717) is 0 Å². The van der Waals surface area contributed by atoms with Crippen LogP contribution in [0.5, 0.6) is 0 Å². The van der Waals surface area contributed by atoms with Crippen LogP contribution in [0.15, 0.2) is 0 Å². The van der Waals surface area contributed by atoms with Gasteiger partial charge in [0.2, 0.25) is 0 Å². The van der Waals surface area contributed by atoms with E-state index >= 15 is 0 Å². The van der Waals surface area contributed by atoms with E-state index in [1.807, 2.05) is 0 Å². The molecule has 0 spiro atoms. The summed E-state index contributed by atoms with van der Waals surface area (Å²) in [4.78, 5) is 28.5. The summed E-state index contributed by atoms with van der Waals surface area (Å²) < 4.78 is 90.5. The smallest absolute Gasteiger partial charge is 0.419 e. The number of nitrogens with one attached hydrogen (secondary N) is 2. The van der Waals surface area contributed by atoms with Crippen LogP contribution in [0, 0.1) is 0 Å². The van der Waals surface area contributed by atoms with Crippen molar-refractivity contribution in [2.24, 2.45) is 0 Å². The van der Waals surface area contributed by atoms with Crippen LogP contribution in [0.3, 0.4) is 0 Å². The van der Waals surface area contributed by atoms with Gasteiger partial charge in [-0.15, -0.1) is 0 Å². The van der Waals surface area contributed by atoms with Gasteiger partial charge in [-0.2, -0.15) is 26.3 Å². The lowest BCUT2D eigenvalue weighted by atomic mass is 9.99. The molecule has 2 N–H and O–H groups in total. The van der Waals surface area contributed by atoms with E-state index in [4.69, 9.17) is 0 Å². The van der Waals surface area contributed by atoms with Crippen molar-refractivity contribution in [1.82, 2.24) is 9.97 Å². The van der Waals surface area contributed by atoms with Crippen LogP contribution in [0.2, 0.25) is 0 Å². The molecule has 0 radical (unpaired) electrons. The van der Waals surface area contributed by atoms with E-state index in [0.717, 1.165) is 14.2 Å². The first-order valence-corrected chi connectivity index (χ1v) is 9.10. The van der Waals surface area contributed by atoms with E-state index in [1.165, 1.54) is 13.8 Å². The lowest BCUT2D eigenvalue weighted by molar-refractivity contribution is -0.139. The van der Waals surface area contributed by atoms with Gasteiger partial charge >= 0.3 is 24.3 Å². The molecule has 31 heavy (non-hydrogen) atoms. The van der Waals surface area contributed by atoms with E-state index in [2.05, 4.69) is 19.4 Å². The first kappa shape index (κ1) is 24.4. The second-order valence-electron chi connectivity index (χ2n) is 6.53. The second-order valence-corrected chi connectivity index (χ2v) is 6.53. The maximum absolute atomic E-state index is 13.6. The first-order chi connectivity index (χ1) is 14.3. The number of carbonyl (C=O) groups is 2. The Morgan fingerprint density at radius 2 is 1.06 bits per heavy atom. The molecular formula is C19H20F6N2O4. The molecule has 2 rings (SSSR count). The monoisotopic (exact) mass is 454 g/mol. The van der Waals surface area contributed by atoms with Crippen LogP contribution in [0.25, 0.3) is 0 Å². The van der Waals surface area contributed by atoms with Crippen molar-refractivity contribution >= 4 is 11.9 Å². The normalized spacial score (nSPS) is 12.2. The highest BCUT2D eigenvalue weighted by molar-refractivity contribution is 5.91. The lowest BCUT2D eigenvalue weighted by Gasteiger charge is -2.11. The van der Waals surface area contributed by atoms with Gasteiger partial charge in [0, 0.05) is 17.8 Å².